The molecule has 1 fully saturated rings. The molecule has 0 aromatic heterocycles. The van der Waals surface area contributed by atoms with Crippen molar-refractivity contribution in [1.82, 2.24) is 4.90 Å². The molecule has 0 amide bonds. The van der Waals surface area contributed by atoms with Gasteiger partial charge in [-0.15, -0.1) is 0 Å². The second-order valence-corrected chi connectivity index (χ2v) is 5.24. The van der Waals surface area contributed by atoms with Gasteiger partial charge in [-0.1, -0.05) is 18.2 Å². The molecule has 2 atom stereocenters. The number of rotatable bonds is 2. The topological polar surface area (TPSA) is 23.5 Å². The first kappa shape index (κ1) is 14.3. The number of likely N-dealkylation sites (tertiary alicyclic amines) is 1. The van der Waals surface area contributed by atoms with E-state index in [1.807, 2.05) is 11.9 Å². The Kier molecular flexibility index (Phi) is 4.16. The predicted molar refractivity (Wildman–Crippen MR) is 66.8 cm³/mol. The first-order valence-electron chi connectivity index (χ1n) is 6.39. The van der Waals surface area contributed by atoms with Gasteiger partial charge in [0.15, 0.2) is 0 Å². The molecule has 0 bridgehead atoms. The highest BCUT2D eigenvalue weighted by molar-refractivity contribution is 5.30. The lowest BCUT2D eigenvalue weighted by molar-refractivity contribution is -0.138. The Labute approximate surface area is 110 Å². The van der Waals surface area contributed by atoms with E-state index in [1.54, 1.807) is 6.07 Å². The molecular formula is C14H18F3NO. The summed E-state index contributed by atoms with van der Waals surface area (Å²) >= 11 is 0. The van der Waals surface area contributed by atoms with Gasteiger partial charge in [0.25, 0.3) is 0 Å². The standard InChI is InChI=1S/C14H18F3NO/c1-18-7-6-13(19)11(9-18)8-10-4-2-3-5-12(10)14(15,16)17/h2-5,11,13,19H,6-9H2,1H3. The Morgan fingerprint density at radius 1 is 1.32 bits per heavy atom. The quantitative estimate of drug-likeness (QED) is 0.895. The Bertz CT molecular complexity index is 433. The molecule has 1 aliphatic heterocycles. The van der Waals surface area contributed by atoms with Crippen LogP contribution in [0.3, 0.4) is 0 Å². The number of benzene rings is 1. The molecule has 0 radical (unpaired) electrons. The lowest BCUT2D eigenvalue weighted by Gasteiger charge is -2.34. The van der Waals surface area contributed by atoms with Crippen LogP contribution < -0.4 is 0 Å². The number of nitrogens with zero attached hydrogens (tertiary/aromatic N) is 1. The zero-order valence-electron chi connectivity index (χ0n) is 10.8. The summed E-state index contributed by atoms with van der Waals surface area (Å²) in [4.78, 5) is 2.05. The largest absolute Gasteiger partial charge is 0.416 e. The van der Waals surface area contributed by atoms with Crippen molar-refractivity contribution in [3.8, 4) is 0 Å². The van der Waals surface area contributed by atoms with Crippen molar-refractivity contribution in [2.24, 2.45) is 5.92 Å². The maximum Gasteiger partial charge on any atom is 0.416 e. The fourth-order valence-corrected chi connectivity index (χ4v) is 2.66. The van der Waals surface area contributed by atoms with Crippen molar-refractivity contribution in [2.45, 2.75) is 25.1 Å². The van der Waals surface area contributed by atoms with E-state index >= 15 is 0 Å². The molecule has 1 N–H and O–H groups in total. The van der Waals surface area contributed by atoms with Gasteiger partial charge in [0.1, 0.15) is 0 Å². The van der Waals surface area contributed by atoms with Crippen molar-refractivity contribution in [1.29, 1.82) is 0 Å². The third kappa shape index (κ3) is 3.48. The number of hydrogen-bond donors (Lipinski definition) is 1. The Morgan fingerprint density at radius 3 is 2.68 bits per heavy atom. The molecule has 2 rings (SSSR count). The summed E-state index contributed by atoms with van der Waals surface area (Å²) in [5.74, 6) is -0.137. The number of halogens is 3. The summed E-state index contributed by atoms with van der Waals surface area (Å²) < 4.78 is 38.7. The second-order valence-electron chi connectivity index (χ2n) is 5.24. The molecule has 5 heteroatoms. The fraction of sp³-hybridized carbons (Fsp3) is 0.571. The zero-order valence-corrected chi connectivity index (χ0v) is 10.8. The second kappa shape index (κ2) is 5.51. The van der Waals surface area contributed by atoms with Crippen LogP contribution in [0.5, 0.6) is 0 Å². The van der Waals surface area contributed by atoms with E-state index in [9.17, 15) is 18.3 Å². The highest BCUT2D eigenvalue weighted by Crippen LogP contribution is 2.33. The van der Waals surface area contributed by atoms with Crippen molar-refractivity contribution in [3.63, 3.8) is 0 Å². The summed E-state index contributed by atoms with van der Waals surface area (Å²) in [7, 11) is 1.93. The zero-order chi connectivity index (χ0) is 14.0. The van der Waals surface area contributed by atoms with Crippen molar-refractivity contribution in [2.75, 3.05) is 20.1 Å². The molecule has 1 aromatic rings. The molecule has 2 nitrogen and oxygen atoms in total. The van der Waals surface area contributed by atoms with Crippen molar-refractivity contribution in [3.05, 3.63) is 35.4 Å². The molecule has 1 aliphatic rings. The molecule has 19 heavy (non-hydrogen) atoms. The van der Waals surface area contributed by atoms with Crippen LogP contribution in [-0.4, -0.2) is 36.2 Å². The SMILES string of the molecule is CN1CCC(O)C(Cc2ccccc2C(F)(F)F)C1. The smallest absolute Gasteiger partial charge is 0.393 e. The molecule has 0 spiro atoms. The van der Waals surface area contributed by atoms with Crippen molar-refractivity contribution < 1.29 is 18.3 Å². The van der Waals surface area contributed by atoms with Crippen LogP contribution in [0.2, 0.25) is 0 Å². The van der Waals surface area contributed by atoms with Gasteiger partial charge in [-0.3, -0.25) is 0 Å². The van der Waals surface area contributed by atoms with E-state index in [-0.39, 0.29) is 17.9 Å². The molecule has 106 valence electrons. The molecule has 1 saturated heterocycles. The van der Waals surface area contributed by atoms with Gasteiger partial charge in [0, 0.05) is 19.0 Å². The van der Waals surface area contributed by atoms with E-state index < -0.39 is 17.8 Å². The maximum absolute atomic E-state index is 12.9. The molecule has 2 unspecified atom stereocenters. The fourth-order valence-electron chi connectivity index (χ4n) is 2.66. The molecular weight excluding hydrogens is 255 g/mol. The van der Waals surface area contributed by atoms with Crippen LogP contribution in [-0.2, 0) is 12.6 Å². The summed E-state index contributed by atoms with van der Waals surface area (Å²) in [5, 5.41) is 9.93. The van der Waals surface area contributed by atoms with E-state index in [4.69, 9.17) is 0 Å². The molecule has 1 aromatic carbocycles. The third-order valence-electron chi connectivity index (χ3n) is 3.70. The molecule has 1 heterocycles. The van der Waals surface area contributed by atoms with Gasteiger partial charge in [-0.2, -0.15) is 13.2 Å². The first-order valence-corrected chi connectivity index (χ1v) is 6.39. The summed E-state index contributed by atoms with van der Waals surface area (Å²) in [6, 6.07) is 5.62. The van der Waals surface area contributed by atoms with E-state index in [0.29, 0.717) is 13.0 Å². The first-order chi connectivity index (χ1) is 8.88. The minimum absolute atomic E-state index is 0.137. The average Bonchev–Trinajstić information content (AvgIpc) is 2.33. The number of aliphatic hydroxyl groups excluding tert-OH is 1. The van der Waals surface area contributed by atoms with E-state index in [0.717, 1.165) is 12.6 Å². The molecule has 0 aliphatic carbocycles. The highest BCUT2D eigenvalue weighted by Gasteiger charge is 2.34. The normalized spacial score (nSPS) is 25.5. The third-order valence-corrected chi connectivity index (χ3v) is 3.70. The average molecular weight is 273 g/mol. The Hall–Kier alpha value is -1.07. The Balaban J connectivity index is 2.19. The van der Waals surface area contributed by atoms with Gasteiger partial charge in [-0.05, 0) is 31.5 Å². The van der Waals surface area contributed by atoms with Crippen LogP contribution in [0.1, 0.15) is 17.5 Å². The molecule has 0 saturated carbocycles. The van der Waals surface area contributed by atoms with Gasteiger partial charge in [0.05, 0.1) is 11.7 Å². The maximum atomic E-state index is 12.9. The number of aliphatic hydroxyl groups is 1. The minimum Gasteiger partial charge on any atom is -0.393 e. The summed E-state index contributed by atoms with van der Waals surface area (Å²) in [6.07, 6.45) is -3.96. The number of hydrogen-bond acceptors (Lipinski definition) is 2. The van der Waals surface area contributed by atoms with Gasteiger partial charge in [0.2, 0.25) is 0 Å². The predicted octanol–water partition coefficient (Wildman–Crippen LogP) is 2.56. The summed E-state index contributed by atoms with van der Waals surface area (Å²) in [6.45, 7) is 1.42. The summed E-state index contributed by atoms with van der Waals surface area (Å²) in [5.41, 5.74) is -0.315. The van der Waals surface area contributed by atoms with Crippen LogP contribution in [0.15, 0.2) is 24.3 Å². The van der Waals surface area contributed by atoms with Crippen LogP contribution in [0, 0.1) is 5.92 Å². The highest BCUT2D eigenvalue weighted by atomic mass is 19.4. The van der Waals surface area contributed by atoms with Crippen LogP contribution in [0.4, 0.5) is 13.2 Å². The minimum atomic E-state index is -4.33. The van der Waals surface area contributed by atoms with Gasteiger partial charge < -0.3 is 10.0 Å². The number of piperidine rings is 1. The lowest BCUT2D eigenvalue weighted by atomic mass is 9.87. The van der Waals surface area contributed by atoms with Crippen LogP contribution in [0.25, 0.3) is 0 Å². The van der Waals surface area contributed by atoms with Crippen molar-refractivity contribution >= 4 is 0 Å². The van der Waals surface area contributed by atoms with E-state index in [1.165, 1.54) is 12.1 Å². The lowest BCUT2D eigenvalue weighted by Crippen LogP contribution is -2.42. The monoisotopic (exact) mass is 273 g/mol. The van der Waals surface area contributed by atoms with E-state index in [2.05, 4.69) is 0 Å². The van der Waals surface area contributed by atoms with Gasteiger partial charge in [-0.25, -0.2) is 0 Å². The van der Waals surface area contributed by atoms with Gasteiger partial charge >= 0.3 is 6.18 Å². The van der Waals surface area contributed by atoms with Crippen LogP contribution >= 0.6 is 0 Å². The Morgan fingerprint density at radius 2 is 2.00 bits per heavy atom. The number of alkyl halides is 3.